The zero-order chi connectivity index (χ0) is 9.73. The molecule has 0 saturated carbocycles. The monoisotopic (exact) mass is 201 g/mol. The third kappa shape index (κ3) is 3.79. The summed E-state index contributed by atoms with van der Waals surface area (Å²) in [5.41, 5.74) is 5.55. The van der Waals surface area contributed by atoms with E-state index in [4.69, 9.17) is 10.5 Å². The van der Waals surface area contributed by atoms with Crippen LogP contribution in [0.3, 0.4) is 0 Å². The third-order valence-electron chi connectivity index (χ3n) is 2.99. The van der Waals surface area contributed by atoms with Crippen LogP contribution in [-0.4, -0.2) is 28.6 Å². The number of rotatable bonds is 4. The molecule has 0 aliphatic carbocycles. The molecule has 0 aromatic rings. The van der Waals surface area contributed by atoms with Gasteiger partial charge in [-0.25, -0.2) is 0 Å². The van der Waals surface area contributed by atoms with Crippen LogP contribution in [0.4, 0.5) is 0 Å². The molecule has 3 heteroatoms. The fourth-order valence-electron chi connectivity index (χ4n) is 2.28. The first-order valence-electron chi connectivity index (χ1n) is 5.50. The van der Waals surface area contributed by atoms with E-state index < -0.39 is 0 Å². The molecule has 2 N–H and O–H groups in total. The third-order valence-corrected chi connectivity index (χ3v) is 4.19. The van der Waals surface area contributed by atoms with Crippen molar-refractivity contribution < 1.29 is 4.74 Å². The summed E-state index contributed by atoms with van der Waals surface area (Å²) < 4.78 is 5.90. The van der Waals surface area contributed by atoms with Gasteiger partial charge in [0.1, 0.15) is 0 Å². The molecule has 1 rings (SSSR count). The van der Waals surface area contributed by atoms with E-state index in [-0.39, 0.29) is 5.22 Å². The smallest absolute Gasteiger partial charge is 0.0488 e. The quantitative estimate of drug-likeness (QED) is 0.677. The summed E-state index contributed by atoms with van der Waals surface area (Å²) in [7, 11) is 1.17. The van der Waals surface area contributed by atoms with E-state index in [1.165, 1.54) is 35.9 Å². The van der Waals surface area contributed by atoms with E-state index in [2.05, 4.69) is 6.92 Å². The molecule has 13 heavy (non-hydrogen) atoms. The van der Waals surface area contributed by atoms with Crippen molar-refractivity contribution in [2.45, 2.75) is 44.3 Å². The first kappa shape index (κ1) is 11.2. The van der Waals surface area contributed by atoms with Gasteiger partial charge in [0.15, 0.2) is 0 Å². The Morgan fingerprint density at radius 3 is 2.85 bits per heavy atom. The number of nitrogens with two attached hydrogens (primary N) is 1. The maximum atomic E-state index is 5.90. The zero-order valence-electron chi connectivity index (χ0n) is 9.01. The average Bonchev–Trinajstić information content (AvgIpc) is 2.04. The molecule has 1 aliphatic rings. The van der Waals surface area contributed by atoms with Crippen molar-refractivity contribution in [3.8, 4) is 0 Å². The van der Waals surface area contributed by atoms with Crippen LogP contribution in [0.25, 0.3) is 0 Å². The molecule has 2 atom stereocenters. The van der Waals surface area contributed by atoms with E-state index in [1.54, 1.807) is 0 Å². The van der Waals surface area contributed by atoms with E-state index in [0.717, 1.165) is 25.5 Å². The van der Waals surface area contributed by atoms with Crippen LogP contribution in [0, 0.1) is 5.92 Å². The minimum atomic E-state index is 0.285. The van der Waals surface area contributed by atoms with Crippen LogP contribution < -0.4 is 5.73 Å². The van der Waals surface area contributed by atoms with Gasteiger partial charge in [-0.2, -0.15) is 0 Å². The van der Waals surface area contributed by atoms with Crippen molar-refractivity contribution in [3.63, 3.8) is 0 Å². The highest BCUT2D eigenvalue weighted by atomic mass is 28.1. The summed E-state index contributed by atoms with van der Waals surface area (Å²) in [6, 6.07) is 0. The second kappa shape index (κ2) is 5.13. The molecular formula is C10H23NOSi. The van der Waals surface area contributed by atoms with Gasteiger partial charge >= 0.3 is 0 Å². The molecule has 1 saturated heterocycles. The Morgan fingerprint density at radius 2 is 2.31 bits per heavy atom. The van der Waals surface area contributed by atoms with E-state index in [1.807, 2.05) is 0 Å². The van der Waals surface area contributed by atoms with Crippen LogP contribution in [0.1, 0.15) is 39.0 Å². The van der Waals surface area contributed by atoms with Crippen molar-refractivity contribution in [1.29, 1.82) is 0 Å². The molecule has 1 aliphatic heterocycles. The maximum absolute atomic E-state index is 5.90. The molecule has 2 nitrogen and oxygen atoms in total. The topological polar surface area (TPSA) is 35.2 Å². The largest absolute Gasteiger partial charge is 0.380 e. The molecule has 0 radical (unpaired) electrons. The van der Waals surface area contributed by atoms with Gasteiger partial charge in [0.2, 0.25) is 0 Å². The van der Waals surface area contributed by atoms with Crippen LogP contribution in [-0.2, 0) is 4.74 Å². The van der Waals surface area contributed by atoms with Crippen LogP contribution in [0.15, 0.2) is 0 Å². The van der Waals surface area contributed by atoms with Gasteiger partial charge in [0.25, 0.3) is 0 Å². The second-order valence-electron chi connectivity index (χ2n) is 4.64. The number of hydrogen-bond acceptors (Lipinski definition) is 2. The molecule has 0 aromatic heterocycles. The van der Waals surface area contributed by atoms with Gasteiger partial charge in [0.05, 0.1) is 0 Å². The van der Waals surface area contributed by atoms with Gasteiger partial charge in [-0.1, -0.05) is 6.92 Å². The van der Waals surface area contributed by atoms with Crippen LogP contribution in [0.5, 0.6) is 0 Å². The molecule has 78 valence electrons. The lowest BCUT2D eigenvalue weighted by molar-refractivity contribution is -0.0312. The van der Waals surface area contributed by atoms with Crippen LogP contribution in [0.2, 0.25) is 0 Å². The molecule has 2 unspecified atom stereocenters. The summed E-state index contributed by atoms with van der Waals surface area (Å²) in [4.78, 5) is 0. The first-order chi connectivity index (χ1) is 6.16. The Labute approximate surface area is 84.6 Å². The highest BCUT2D eigenvalue weighted by Gasteiger charge is 2.28. The standard InChI is InChI=1S/C10H23NOSi/c1-9(4-6-11)8-10(13)5-2-3-7-12-10/h9H,2-8,11H2,1,13H3. The summed E-state index contributed by atoms with van der Waals surface area (Å²) in [5, 5.41) is 0.285. The molecule has 1 heterocycles. The molecule has 1 fully saturated rings. The lowest BCUT2D eigenvalue weighted by atomic mass is 9.95. The van der Waals surface area contributed by atoms with Crippen molar-refractivity contribution >= 4 is 10.2 Å². The molecular weight excluding hydrogens is 178 g/mol. The SMILES string of the molecule is CC(CCN)CC1([SiH3])CCCCO1. The fraction of sp³-hybridized carbons (Fsp3) is 1.00. The van der Waals surface area contributed by atoms with E-state index in [9.17, 15) is 0 Å². The number of ether oxygens (including phenoxy) is 1. The average molecular weight is 201 g/mol. The summed E-state index contributed by atoms with van der Waals surface area (Å²) in [6.45, 7) is 4.10. The lowest BCUT2D eigenvalue weighted by Crippen LogP contribution is -2.38. The summed E-state index contributed by atoms with van der Waals surface area (Å²) in [6.07, 6.45) is 6.28. The Bertz CT molecular complexity index is 146. The van der Waals surface area contributed by atoms with Gasteiger partial charge in [-0.15, -0.1) is 0 Å². The zero-order valence-corrected chi connectivity index (χ0v) is 11.0. The van der Waals surface area contributed by atoms with Crippen molar-refractivity contribution in [2.75, 3.05) is 13.2 Å². The second-order valence-corrected chi connectivity index (χ2v) is 6.46. The van der Waals surface area contributed by atoms with Crippen molar-refractivity contribution in [3.05, 3.63) is 0 Å². The molecule has 0 amide bonds. The highest BCUT2D eigenvalue weighted by molar-refractivity contribution is 6.14. The summed E-state index contributed by atoms with van der Waals surface area (Å²) >= 11 is 0. The predicted molar refractivity (Wildman–Crippen MR) is 59.9 cm³/mol. The molecule has 0 spiro atoms. The number of hydrogen-bond donors (Lipinski definition) is 1. The van der Waals surface area contributed by atoms with Gasteiger partial charge in [0, 0.05) is 22.1 Å². The van der Waals surface area contributed by atoms with Crippen LogP contribution >= 0.6 is 0 Å². The maximum Gasteiger partial charge on any atom is 0.0488 e. The van der Waals surface area contributed by atoms with Gasteiger partial charge < -0.3 is 10.5 Å². The summed E-state index contributed by atoms with van der Waals surface area (Å²) in [5.74, 6) is 0.737. The normalized spacial score (nSPS) is 31.8. The predicted octanol–water partition coefficient (Wildman–Crippen LogP) is 0.624. The van der Waals surface area contributed by atoms with Crippen molar-refractivity contribution in [2.24, 2.45) is 11.7 Å². The van der Waals surface area contributed by atoms with E-state index >= 15 is 0 Å². The Kier molecular flexibility index (Phi) is 4.42. The first-order valence-corrected chi connectivity index (χ1v) is 6.50. The fourth-order valence-corrected chi connectivity index (χ4v) is 3.53. The lowest BCUT2D eigenvalue weighted by Gasteiger charge is -2.36. The van der Waals surface area contributed by atoms with E-state index in [0.29, 0.717) is 0 Å². The Hall–Kier alpha value is 0.137. The Balaban J connectivity index is 2.31. The highest BCUT2D eigenvalue weighted by Crippen LogP contribution is 2.29. The molecule has 0 bridgehead atoms. The Morgan fingerprint density at radius 1 is 1.54 bits per heavy atom. The molecule has 0 aromatic carbocycles. The minimum absolute atomic E-state index is 0.285. The van der Waals surface area contributed by atoms with Gasteiger partial charge in [-0.05, 0) is 44.6 Å². The van der Waals surface area contributed by atoms with Crippen molar-refractivity contribution in [1.82, 2.24) is 0 Å². The minimum Gasteiger partial charge on any atom is -0.380 e. The van der Waals surface area contributed by atoms with Gasteiger partial charge in [-0.3, -0.25) is 0 Å².